The highest BCUT2D eigenvalue weighted by atomic mass is 16.9. The molecule has 10 saturated heterocycles. The Balaban J connectivity index is 0.810. The smallest absolute Gasteiger partial charge is 0.224 e. The summed E-state index contributed by atoms with van der Waals surface area (Å²) in [5.74, 6) is -22.3. The summed E-state index contributed by atoms with van der Waals surface area (Å²) in [4.78, 5) is 0. The Morgan fingerprint density at radius 3 is 0.925 bits per heavy atom. The van der Waals surface area contributed by atoms with E-state index in [9.17, 15) is 153 Å². The number of hydrogen-bond acceptors (Lipinski definition) is 49. The second-order valence-corrected chi connectivity index (χ2v) is 27.6. The molecule has 0 aromatic heterocycles. The third-order valence-corrected chi connectivity index (χ3v) is 20.9. The Hall–Kier alpha value is -1.96. The first-order valence-corrected chi connectivity index (χ1v) is 33.8. The molecule has 49 heteroatoms. The molecule has 0 aliphatic carbocycles. The molecule has 30 N–H and O–H groups in total. The summed E-state index contributed by atoms with van der Waals surface area (Å²) in [5, 5.41) is 324. The molecule has 10 fully saturated rings. The van der Waals surface area contributed by atoms with Gasteiger partial charge in [-0.3, -0.25) is 0 Å². The van der Waals surface area contributed by atoms with Crippen LogP contribution in [-0.4, -0.2) is 514 Å². The second-order valence-electron chi connectivity index (χ2n) is 27.6. The maximum Gasteiger partial charge on any atom is 0.224 e. The standard InChI is InChI=1S/C58H98O49/c59-1-20-29(69)38(78)40(80)50(98-20)107-58(48(88)35(75)25(6-64)104-58)18-97-57(47(87)34(74)24(5-63)103-57)17-95-53(13-67)44(84)36(76)27(105-53)9-92-54(41(81)19(68)7-90-54)15-94-52(12-66)43(83)37(77)28(106-52)10-93-56(46(86)33(73)23(4-62)102-56)16-96-55(45(85)32(72)22(3-61)101-55)14-89-49-39(79)30(70)26(99-49)8-91-51(11-65)42(82)31(71)21(2-60)100-51/h19-50,59-88H,1-18H2. The molecule has 10 aliphatic heterocycles. The molecule has 0 spiro atoms. The molecule has 0 radical (unpaired) electrons. The first-order valence-electron chi connectivity index (χ1n) is 33.8. The van der Waals surface area contributed by atoms with Gasteiger partial charge in [0.2, 0.25) is 46.3 Å². The van der Waals surface area contributed by atoms with Crippen LogP contribution in [0.3, 0.4) is 0 Å². The summed E-state index contributed by atoms with van der Waals surface area (Å²) in [6.07, 6.45) is -64.5. The van der Waals surface area contributed by atoms with Gasteiger partial charge in [0, 0.05) is 0 Å². The molecule has 0 bridgehead atoms. The first-order chi connectivity index (χ1) is 50.5. The average molecular weight is 1580 g/mol. The Bertz CT molecular complexity index is 2820. The van der Waals surface area contributed by atoms with Crippen LogP contribution in [-0.2, 0) is 90.0 Å². The minimum atomic E-state index is -2.93. The predicted octanol–water partition coefficient (Wildman–Crippen LogP) is -21.5. The van der Waals surface area contributed by atoms with E-state index >= 15 is 0 Å². The van der Waals surface area contributed by atoms with Gasteiger partial charge in [-0.25, -0.2) is 0 Å². The van der Waals surface area contributed by atoms with Gasteiger partial charge < -0.3 is 243 Å². The van der Waals surface area contributed by atoms with E-state index < -0.39 is 361 Å². The Morgan fingerprint density at radius 2 is 0.523 bits per heavy atom. The summed E-state index contributed by atoms with van der Waals surface area (Å²) in [6.45, 7) is -20.3. The Labute approximate surface area is 602 Å². The summed E-state index contributed by atoms with van der Waals surface area (Å²) >= 11 is 0. The van der Waals surface area contributed by atoms with Crippen molar-refractivity contribution in [1.29, 1.82) is 0 Å². The second kappa shape index (κ2) is 34.5. The summed E-state index contributed by atoms with van der Waals surface area (Å²) in [5.41, 5.74) is 0. The quantitative estimate of drug-likeness (QED) is 0.0280. The summed E-state index contributed by atoms with van der Waals surface area (Å²) < 4.78 is 109. The molecule has 0 aromatic rings. The van der Waals surface area contributed by atoms with Gasteiger partial charge in [0.1, 0.15) is 236 Å². The van der Waals surface area contributed by atoms with Gasteiger partial charge in [-0.15, -0.1) is 0 Å². The zero-order chi connectivity index (χ0) is 78.6. The van der Waals surface area contributed by atoms with Gasteiger partial charge in [0.25, 0.3) is 0 Å². The van der Waals surface area contributed by atoms with Gasteiger partial charge in [-0.1, -0.05) is 0 Å². The zero-order valence-electron chi connectivity index (χ0n) is 56.4. The van der Waals surface area contributed by atoms with Crippen molar-refractivity contribution in [3.63, 3.8) is 0 Å². The first kappa shape index (κ1) is 87.4. The zero-order valence-corrected chi connectivity index (χ0v) is 56.4. The Kier molecular flexibility index (Phi) is 28.2. The minimum Gasteiger partial charge on any atom is -0.394 e. The van der Waals surface area contributed by atoms with Crippen molar-refractivity contribution in [3.8, 4) is 0 Å². The fraction of sp³-hybridized carbons (Fsp3) is 1.00. The van der Waals surface area contributed by atoms with E-state index in [0.29, 0.717) is 0 Å². The van der Waals surface area contributed by atoms with E-state index in [1.807, 2.05) is 0 Å². The lowest BCUT2D eigenvalue weighted by molar-refractivity contribution is -0.404. The van der Waals surface area contributed by atoms with Gasteiger partial charge in [-0.05, 0) is 0 Å². The maximum absolute atomic E-state index is 11.6. The largest absolute Gasteiger partial charge is 0.394 e. The Morgan fingerprint density at radius 1 is 0.243 bits per heavy atom. The van der Waals surface area contributed by atoms with Crippen molar-refractivity contribution < 1.29 is 243 Å². The van der Waals surface area contributed by atoms with Crippen molar-refractivity contribution >= 4 is 0 Å². The van der Waals surface area contributed by atoms with Crippen molar-refractivity contribution in [1.82, 2.24) is 0 Å². The third-order valence-electron chi connectivity index (χ3n) is 20.9. The number of hydrogen-bond donors (Lipinski definition) is 30. The molecule has 0 aromatic carbocycles. The lowest BCUT2D eigenvalue weighted by atomic mass is 9.99. The van der Waals surface area contributed by atoms with Gasteiger partial charge in [0.05, 0.1) is 66.1 Å². The van der Waals surface area contributed by atoms with E-state index in [0.717, 1.165) is 0 Å². The molecule has 49 nitrogen and oxygen atoms in total. The molecule has 0 saturated carbocycles. The van der Waals surface area contributed by atoms with Crippen molar-refractivity contribution in [2.45, 2.75) is 242 Å². The molecule has 10 heterocycles. The van der Waals surface area contributed by atoms with Crippen LogP contribution in [0.5, 0.6) is 0 Å². The fourth-order valence-electron chi connectivity index (χ4n) is 14.1. The van der Waals surface area contributed by atoms with Crippen LogP contribution in [0.1, 0.15) is 0 Å². The predicted molar refractivity (Wildman–Crippen MR) is 318 cm³/mol. The van der Waals surface area contributed by atoms with Crippen LogP contribution in [0.2, 0.25) is 0 Å². The highest BCUT2D eigenvalue weighted by molar-refractivity contribution is 5.07. The number of aliphatic hydroxyl groups excluding tert-OH is 30. The lowest BCUT2D eigenvalue weighted by Gasteiger charge is -2.44. The van der Waals surface area contributed by atoms with Gasteiger partial charge in [-0.2, -0.15) is 0 Å². The van der Waals surface area contributed by atoms with Crippen molar-refractivity contribution in [2.75, 3.05) is 119 Å². The van der Waals surface area contributed by atoms with Crippen LogP contribution in [0.25, 0.3) is 0 Å². The summed E-state index contributed by atoms with van der Waals surface area (Å²) in [7, 11) is 0. The van der Waals surface area contributed by atoms with E-state index in [1.54, 1.807) is 0 Å². The van der Waals surface area contributed by atoms with Gasteiger partial charge >= 0.3 is 0 Å². The fourth-order valence-corrected chi connectivity index (χ4v) is 14.1. The van der Waals surface area contributed by atoms with E-state index in [2.05, 4.69) is 0 Å². The van der Waals surface area contributed by atoms with Gasteiger partial charge in [0.15, 0.2) is 12.6 Å². The minimum absolute atomic E-state index is 0.783. The molecule has 40 atom stereocenters. The molecule has 40 unspecified atom stereocenters. The van der Waals surface area contributed by atoms with Crippen LogP contribution in [0.15, 0.2) is 0 Å². The molecule has 624 valence electrons. The van der Waals surface area contributed by atoms with Crippen molar-refractivity contribution in [3.05, 3.63) is 0 Å². The number of rotatable bonds is 35. The van der Waals surface area contributed by atoms with E-state index in [1.165, 1.54) is 0 Å². The number of aliphatic hydroxyl groups is 30. The monoisotopic (exact) mass is 1580 g/mol. The molecular weight excluding hydrogens is 1480 g/mol. The van der Waals surface area contributed by atoms with Crippen LogP contribution >= 0.6 is 0 Å². The lowest BCUT2D eigenvalue weighted by Crippen LogP contribution is -2.63. The normalized spacial score (nSPS) is 52.9. The SMILES string of the molecule is OCC1OC(OC2(COC3(COC4(CO)OC(COC5(COC6(CO)OC(COC7(COC8(COC9OC(COC%10(CO)OC(CO)C(O)C%10O)C(O)C9O)OC(CO)C(O)C8O)OC(CO)C(O)C7O)C(O)C6O)OCC(O)C5O)C(O)C4O)OC(CO)C(O)C3O)OC(CO)C(O)C2O)C(O)C(O)C1O. The van der Waals surface area contributed by atoms with Crippen LogP contribution in [0, 0.1) is 0 Å². The van der Waals surface area contributed by atoms with Crippen LogP contribution in [0.4, 0.5) is 0 Å². The van der Waals surface area contributed by atoms with E-state index in [-0.39, 0.29) is 0 Å². The number of ether oxygens (including phenoxy) is 19. The molecule has 10 rings (SSSR count). The van der Waals surface area contributed by atoms with Crippen LogP contribution < -0.4 is 0 Å². The topological polar surface area (TPSA) is 782 Å². The molecule has 0 amide bonds. The van der Waals surface area contributed by atoms with E-state index in [4.69, 9.17) is 90.0 Å². The highest BCUT2D eigenvalue weighted by Crippen LogP contribution is 2.46. The highest BCUT2D eigenvalue weighted by Gasteiger charge is 2.68. The third kappa shape index (κ3) is 15.9. The molecule has 107 heavy (non-hydrogen) atoms. The molecule has 10 aliphatic rings. The maximum atomic E-state index is 11.6. The average Bonchev–Trinajstić information content (AvgIpc) is 1.62. The summed E-state index contributed by atoms with van der Waals surface area (Å²) in [6, 6.07) is 0. The van der Waals surface area contributed by atoms with Crippen molar-refractivity contribution in [2.24, 2.45) is 0 Å². The molecular formula is C58H98O49.